The van der Waals surface area contributed by atoms with E-state index in [9.17, 15) is 23.1 Å². The number of esters is 1. The van der Waals surface area contributed by atoms with E-state index >= 15 is 0 Å². The molecule has 2 N–H and O–H groups in total. The number of carbonyl (C=O) groups excluding carboxylic acids is 2. The van der Waals surface area contributed by atoms with Crippen LogP contribution in [0.15, 0.2) is 35.2 Å². The summed E-state index contributed by atoms with van der Waals surface area (Å²) in [5.41, 5.74) is 2.14. The van der Waals surface area contributed by atoms with Gasteiger partial charge in [-0.1, -0.05) is 18.5 Å². The number of halogens is 1. The minimum absolute atomic E-state index is 0.130. The monoisotopic (exact) mass is 470 g/mol. The average molecular weight is 471 g/mol. The third-order valence-electron chi connectivity index (χ3n) is 4.81. The van der Waals surface area contributed by atoms with Crippen molar-refractivity contribution in [3.8, 4) is 0 Å². The fraction of sp³-hybridized carbons (Fsp3) is 0.429. The van der Waals surface area contributed by atoms with E-state index < -0.39 is 40.5 Å². The van der Waals surface area contributed by atoms with Crippen LogP contribution in [0.1, 0.15) is 42.0 Å². The summed E-state index contributed by atoms with van der Waals surface area (Å²) in [4.78, 5) is 24.9. The molecule has 1 aromatic carbocycles. The number of aromatic nitrogens is 1. The van der Waals surface area contributed by atoms with Crippen molar-refractivity contribution in [1.82, 2.24) is 9.29 Å². The Kier molecular flexibility index (Phi) is 8.41. The maximum absolute atomic E-state index is 12.6. The second-order valence-electron chi connectivity index (χ2n) is 7.26. The summed E-state index contributed by atoms with van der Waals surface area (Å²) in [7, 11) is -4.13. The van der Waals surface area contributed by atoms with Crippen molar-refractivity contribution in [3.05, 3.63) is 52.3 Å². The summed E-state index contributed by atoms with van der Waals surface area (Å²) in [6.45, 7) is 7.18. The molecule has 2 atom stereocenters. The highest BCUT2D eigenvalue weighted by Gasteiger charge is 2.31. The van der Waals surface area contributed by atoms with Gasteiger partial charge in [-0.15, -0.1) is 0 Å². The molecule has 0 saturated carbocycles. The molecule has 0 bridgehead atoms. The third-order valence-corrected chi connectivity index (χ3v) is 6.52. The largest absolute Gasteiger partial charge is 0.456 e. The third kappa shape index (κ3) is 6.16. The summed E-state index contributed by atoms with van der Waals surface area (Å²) in [6.07, 6.45) is -0.484. The standard InChI is InChI=1S/C21H27ClN2O6S/c1-5-10-24-13(2)11-18(14(24)3)19(26)12-30-21(27)20(15(4)25)23-31(28,29)17-8-6-16(22)7-9-17/h6-9,11,15,20,23,25H,5,10,12H2,1-4H3/t15-,20-/m0/s1. The second-order valence-corrected chi connectivity index (χ2v) is 9.41. The molecule has 1 heterocycles. The number of sulfonamides is 1. The smallest absolute Gasteiger partial charge is 0.327 e. The fourth-order valence-electron chi connectivity index (χ4n) is 3.15. The first-order chi connectivity index (χ1) is 14.5. The zero-order chi connectivity index (χ0) is 23.3. The van der Waals surface area contributed by atoms with E-state index in [2.05, 4.69) is 4.72 Å². The Bertz CT molecular complexity index is 1040. The number of rotatable bonds is 10. The molecule has 1 aromatic heterocycles. The molecule has 0 unspecified atom stereocenters. The van der Waals surface area contributed by atoms with Crippen LogP contribution < -0.4 is 4.72 Å². The van der Waals surface area contributed by atoms with E-state index in [0.29, 0.717) is 10.6 Å². The van der Waals surface area contributed by atoms with Crippen molar-refractivity contribution in [2.75, 3.05) is 6.61 Å². The number of hydrogen-bond donors (Lipinski definition) is 2. The van der Waals surface area contributed by atoms with Gasteiger partial charge < -0.3 is 14.4 Å². The van der Waals surface area contributed by atoms with E-state index in [1.165, 1.54) is 31.2 Å². The maximum atomic E-state index is 12.6. The lowest BCUT2D eigenvalue weighted by Crippen LogP contribution is -2.48. The quantitative estimate of drug-likeness (QED) is 0.407. The fourth-order valence-corrected chi connectivity index (χ4v) is 4.53. The molecule has 0 amide bonds. The molecule has 31 heavy (non-hydrogen) atoms. The second kappa shape index (κ2) is 10.4. The summed E-state index contributed by atoms with van der Waals surface area (Å²) in [5.74, 6) is -1.46. The van der Waals surface area contributed by atoms with Crippen molar-refractivity contribution >= 4 is 33.4 Å². The summed E-state index contributed by atoms with van der Waals surface area (Å²) in [6, 6.07) is 5.46. The number of ether oxygens (including phenoxy) is 1. The van der Waals surface area contributed by atoms with Crippen LogP contribution in [-0.2, 0) is 26.1 Å². The molecule has 2 aromatic rings. The lowest BCUT2D eigenvalue weighted by atomic mass is 10.1. The van der Waals surface area contributed by atoms with Crippen molar-refractivity contribution in [2.45, 2.75) is 57.7 Å². The van der Waals surface area contributed by atoms with E-state index in [0.717, 1.165) is 24.4 Å². The summed E-state index contributed by atoms with van der Waals surface area (Å²) in [5, 5.41) is 10.3. The predicted octanol–water partition coefficient (Wildman–Crippen LogP) is 2.62. The Morgan fingerprint density at radius 2 is 1.84 bits per heavy atom. The van der Waals surface area contributed by atoms with Crippen molar-refractivity contribution in [2.24, 2.45) is 0 Å². The van der Waals surface area contributed by atoms with E-state index in [4.69, 9.17) is 16.3 Å². The highest BCUT2D eigenvalue weighted by molar-refractivity contribution is 7.89. The van der Waals surface area contributed by atoms with Gasteiger partial charge in [0, 0.05) is 28.5 Å². The van der Waals surface area contributed by atoms with Crippen LogP contribution in [0, 0.1) is 13.8 Å². The lowest BCUT2D eigenvalue weighted by molar-refractivity contribution is -0.147. The van der Waals surface area contributed by atoms with Gasteiger partial charge in [-0.3, -0.25) is 9.59 Å². The molecule has 0 aliphatic carbocycles. The molecule has 0 fully saturated rings. The Morgan fingerprint density at radius 1 is 1.23 bits per heavy atom. The number of benzene rings is 1. The number of nitrogens with one attached hydrogen (secondary N) is 1. The van der Waals surface area contributed by atoms with Gasteiger partial charge in [-0.2, -0.15) is 4.72 Å². The van der Waals surface area contributed by atoms with Crippen molar-refractivity contribution < 1.29 is 27.9 Å². The minimum Gasteiger partial charge on any atom is -0.456 e. The molecule has 0 radical (unpaired) electrons. The number of hydrogen-bond acceptors (Lipinski definition) is 6. The van der Waals surface area contributed by atoms with E-state index in [1.54, 1.807) is 6.07 Å². The number of nitrogens with zero attached hydrogens (tertiary/aromatic N) is 1. The molecular formula is C21H27ClN2O6S. The molecule has 2 rings (SSSR count). The topological polar surface area (TPSA) is 115 Å². The average Bonchev–Trinajstić information content (AvgIpc) is 2.99. The van der Waals surface area contributed by atoms with E-state index in [1.807, 2.05) is 25.3 Å². The van der Waals surface area contributed by atoms with Crippen LogP contribution in [-0.4, -0.2) is 48.6 Å². The van der Waals surface area contributed by atoms with Crippen molar-refractivity contribution in [1.29, 1.82) is 0 Å². The summed E-state index contributed by atoms with van der Waals surface area (Å²) >= 11 is 5.77. The van der Waals surface area contributed by atoms with Crippen LogP contribution >= 0.6 is 11.6 Å². The van der Waals surface area contributed by atoms with Crippen LogP contribution in [0.4, 0.5) is 0 Å². The predicted molar refractivity (Wildman–Crippen MR) is 117 cm³/mol. The van der Waals surface area contributed by atoms with Gasteiger partial charge in [-0.25, -0.2) is 8.42 Å². The number of aliphatic hydroxyl groups excluding tert-OH is 1. The van der Waals surface area contributed by atoms with Crippen LogP contribution in [0.5, 0.6) is 0 Å². The first kappa shape index (κ1) is 25.1. The van der Waals surface area contributed by atoms with Gasteiger partial charge in [0.2, 0.25) is 15.8 Å². The van der Waals surface area contributed by atoms with Gasteiger partial charge in [-0.05, 0) is 57.5 Å². The first-order valence-corrected chi connectivity index (χ1v) is 11.7. The Labute approximate surface area is 187 Å². The highest BCUT2D eigenvalue weighted by Crippen LogP contribution is 2.17. The SMILES string of the molecule is CCCn1c(C)cc(C(=O)COC(=O)[C@@H](NS(=O)(=O)c2ccc(Cl)cc2)[C@H](C)O)c1C. The normalized spacial score (nSPS) is 13.6. The molecule has 0 aliphatic heterocycles. The molecule has 10 heteroatoms. The zero-order valence-electron chi connectivity index (χ0n) is 17.9. The molecule has 0 saturated heterocycles. The number of Topliss-reactive ketones (excluding diaryl/α,β-unsaturated/α-hetero) is 1. The molecule has 8 nitrogen and oxygen atoms in total. The molecule has 0 spiro atoms. The molecule has 170 valence electrons. The minimum atomic E-state index is -4.13. The van der Waals surface area contributed by atoms with Gasteiger partial charge in [0.1, 0.15) is 6.04 Å². The van der Waals surface area contributed by atoms with Crippen molar-refractivity contribution in [3.63, 3.8) is 0 Å². The Morgan fingerprint density at radius 3 is 2.39 bits per heavy atom. The van der Waals surface area contributed by atoms with Crippen LogP contribution in [0.2, 0.25) is 5.02 Å². The highest BCUT2D eigenvalue weighted by atomic mass is 35.5. The van der Waals surface area contributed by atoms with Gasteiger partial charge in [0.15, 0.2) is 6.61 Å². The summed E-state index contributed by atoms with van der Waals surface area (Å²) < 4.78 is 34.2. The van der Waals surface area contributed by atoms with Gasteiger partial charge >= 0.3 is 5.97 Å². The number of carbonyl (C=O) groups is 2. The Balaban J connectivity index is 2.10. The zero-order valence-corrected chi connectivity index (χ0v) is 19.5. The number of ketones is 1. The first-order valence-electron chi connectivity index (χ1n) is 9.80. The number of aryl methyl sites for hydroxylation is 1. The maximum Gasteiger partial charge on any atom is 0.327 e. The van der Waals surface area contributed by atoms with Gasteiger partial charge in [0.25, 0.3) is 0 Å². The van der Waals surface area contributed by atoms with E-state index in [-0.39, 0.29) is 4.90 Å². The van der Waals surface area contributed by atoms with Crippen LogP contribution in [0.3, 0.4) is 0 Å². The molecular weight excluding hydrogens is 444 g/mol. The molecule has 0 aliphatic rings. The lowest BCUT2D eigenvalue weighted by Gasteiger charge is -2.20. The van der Waals surface area contributed by atoms with Gasteiger partial charge in [0.05, 0.1) is 11.0 Å². The number of aliphatic hydroxyl groups is 1. The van der Waals surface area contributed by atoms with Crippen LogP contribution in [0.25, 0.3) is 0 Å². The Hall–Kier alpha value is -2.20.